The van der Waals surface area contributed by atoms with Crippen LogP contribution in [0.5, 0.6) is 11.5 Å². The molecular formula is C27H30FNO2. The zero-order chi connectivity index (χ0) is 21.5. The number of hydrogen-bond acceptors (Lipinski definition) is 3. The summed E-state index contributed by atoms with van der Waals surface area (Å²) < 4.78 is 18.9. The van der Waals surface area contributed by atoms with Crippen molar-refractivity contribution in [3.05, 3.63) is 95.8 Å². The summed E-state index contributed by atoms with van der Waals surface area (Å²) in [5, 5.41) is 10.3. The number of piperidine rings is 1. The van der Waals surface area contributed by atoms with Crippen molar-refractivity contribution in [2.45, 2.75) is 37.7 Å². The lowest BCUT2D eigenvalue weighted by Gasteiger charge is -2.32. The molecule has 0 aromatic heterocycles. The Balaban J connectivity index is 1.19. The minimum Gasteiger partial charge on any atom is -0.457 e. The second-order valence-electron chi connectivity index (χ2n) is 8.31. The molecule has 0 saturated carbocycles. The van der Waals surface area contributed by atoms with Gasteiger partial charge in [0.25, 0.3) is 0 Å². The lowest BCUT2D eigenvalue weighted by Crippen LogP contribution is -2.33. The largest absolute Gasteiger partial charge is 0.457 e. The molecule has 0 amide bonds. The third-order valence-electron chi connectivity index (χ3n) is 6.12. The molecule has 3 aromatic rings. The molecule has 0 bridgehead atoms. The highest BCUT2D eigenvalue weighted by atomic mass is 19.1. The molecular weight excluding hydrogens is 389 g/mol. The summed E-state index contributed by atoms with van der Waals surface area (Å²) in [6.07, 6.45) is 3.43. The lowest BCUT2D eigenvalue weighted by molar-refractivity contribution is 0.148. The predicted molar refractivity (Wildman–Crippen MR) is 122 cm³/mol. The van der Waals surface area contributed by atoms with Gasteiger partial charge in [0.2, 0.25) is 0 Å². The van der Waals surface area contributed by atoms with Crippen molar-refractivity contribution < 1.29 is 14.2 Å². The number of hydrogen-bond donors (Lipinski definition) is 1. The van der Waals surface area contributed by atoms with Crippen LogP contribution in [0.1, 0.15) is 48.8 Å². The van der Waals surface area contributed by atoms with Crippen LogP contribution in [0.4, 0.5) is 4.39 Å². The fourth-order valence-corrected chi connectivity index (χ4v) is 4.28. The average Bonchev–Trinajstić information content (AvgIpc) is 2.81. The van der Waals surface area contributed by atoms with Crippen molar-refractivity contribution in [1.29, 1.82) is 0 Å². The van der Waals surface area contributed by atoms with Crippen LogP contribution < -0.4 is 4.74 Å². The molecule has 4 rings (SSSR count). The summed E-state index contributed by atoms with van der Waals surface area (Å²) >= 11 is 0. The highest BCUT2D eigenvalue weighted by molar-refractivity contribution is 5.34. The van der Waals surface area contributed by atoms with Gasteiger partial charge >= 0.3 is 0 Å². The van der Waals surface area contributed by atoms with Crippen LogP contribution in [0.15, 0.2) is 78.9 Å². The molecule has 1 aliphatic rings. The molecule has 3 aromatic carbocycles. The van der Waals surface area contributed by atoms with Gasteiger partial charge in [0.1, 0.15) is 17.3 Å². The van der Waals surface area contributed by atoms with E-state index in [4.69, 9.17) is 4.74 Å². The average molecular weight is 420 g/mol. The van der Waals surface area contributed by atoms with E-state index in [9.17, 15) is 9.50 Å². The molecule has 1 heterocycles. The van der Waals surface area contributed by atoms with Crippen molar-refractivity contribution in [1.82, 2.24) is 4.90 Å². The van der Waals surface area contributed by atoms with Gasteiger partial charge in [-0.15, -0.1) is 0 Å². The Hall–Kier alpha value is -2.69. The Bertz CT molecular complexity index is 920. The molecule has 1 saturated heterocycles. The highest BCUT2D eigenvalue weighted by Crippen LogP contribution is 2.30. The molecule has 0 aliphatic carbocycles. The van der Waals surface area contributed by atoms with Gasteiger partial charge in [0.15, 0.2) is 0 Å². The van der Waals surface area contributed by atoms with Crippen LogP contribution in [-0.2, 0) is 0 Å². The number of ether oxygens (including phenoxy) is 1. The Labute approximate surface area is 184 Å². The quantitative estimate of drug-likeness (QED) is 0.464. The normalized spacial score (nSPS) is 16.2. The van der Waals surface area contributed by atoms with Gasteiger partial charge in [-0.1, -0.05) is 42.5 Å². The fourth-order valence-electron chi connectivity index (χ4n) is 4.28. The Morgan fingerprint density at radius 3 is 2.19 bits per heavy atom. The van der Waals surface area contributed by atoms with Crippen molar-refractivity contribution >= 4 is 0 Å². The molecule has 1 fully saturated rings. The number of halogens is 1. The summed E-state index contributed by atoms with van der Waals surface area (Å²) in [6, 6.07) is 24.5. The topological polar surface area (TPSA) is 32.7 Å². The van der Waals surface area contributed by atoms with E-state index in [1.165, 1.54) is 17.7 Å². The third-order valence-corrected chi connectivity index (χ3v) is 6.12. The lowest BCUT2D eigenvalue weighted by atomic mass is 9.89. The molecule has 3 nitrogen and oxygen atoms in total. The zero-order valence-corrected chi connectivity index (χ0v) is 17.8. The molecule has 4 heteroatoms. The van der Waals surface area contributed by atoms with Crippen LogP contribution in [-0.4, -0.2) is 29.6 Å². The fraction of sp³-hybridized carbons (Fsp3) is 0.333. The number of likely N-dealkylation sites (tertiary alicyclic amines) is 1. The number of aliphatic hydroxyl groups excluding tert-OH is 1. The smallest absolute Gasteiger partial charge is 0.127 e. The SMILES string of the molecule is OC(CCCN1CCC(c2ccc(Oc3ccccc3)cc2)CC1)c1ccc(F)cc1. The van der Waals surface area contributed by atoms with E-state index in [-0.39, 0.29) is 5.82 Å². The minimum absolute atomic E-state index is 0.266. The second kappa shape index (κ2) is 10.6. The number of nitrogens with zero attached hydrogens (tertiary/aromatic N) is 1. The predicted octanol–water partition coefficient (Wildman–Crippen LogP) is 6.31. The first-order valence-electron chi connectivity index (χ1n) is 11.2. The van der Waals surface area contributed by atoms with E-state index >= 15 is 0 Å². The maximum atomic E-state index is 13.0. The minimum atomic E-state index is -0.519. The Morgan fingerprint density at radius 2 is 1.52 bits per heavy atom. The summed E-state index contributed by atoms with van der Waals surface area (Å²) in [4.78, 5) is 2.49. The van der Waals surface area contributed by atoms with E-state index in [0.29, 0.717) is 12.3 Å². The van der Waals surface area contributed by atoms with E-state index < -0.39 is 6.10 Å². The molecule has 1 unspecified atom stereocenters. The Kier molecular flexibility index (Phi) is 7.34. The molecule has 0 spiro atoms. The molecule has 0 radical (unpaired) electrons. The number of aliphatic hydroxyl groups is 1. The highest BCUT2D eigenvalue weighted by Gasteiger charge is 2.20. The molecule has 1 atom stereocenters. The maximum absolute atomic E-state index is 13.0. The Morgan fingerprint density at radius 1 is 0.871 bits per heavy atom. The van der Waals surface area contributed by atoms with Crippen molar-refractivity contribution in [3.8, 4) is 11.5 Å². The van der Waals surface area contributed by atoms with Crippen LogP contribution >= 0.6 is 0 Å². The number of para-hydroxylation sites is 1. The van der Waals surface area contributed by atoms with Crippen LogP contribution in [0.3, 0.4) is 0 Å². The summed E-state index contributed by atoms with van der Waals surface area (Å²) in [5.74, 6) is 2.05. The van der Waals surface area contributed by atoms with Crippen molar-refractivity contribution in [3.63, 3.8) is 0 Å². The zero-order valence-electron chi connectivity index (χ0n) is 17.8. The maximum Gasteiger partial charge on any atom is 0.127 e. The standard InChI is InChI=1S/C27H30FNO2/c28-24-12-8-23(9-13-24)27(30)7-4-18-29-19-16-22(17-20-29)21-10-14-26(15-11-21)31-25-5-2-1-3-6-25/h1-3,5-6,8-15,22,27,30H,4,7,16-20H2. The monoisotopic (exact) mass is 419 g/mol. The van der Waals surface area contributed by atoms with Gasteiger partial charge in [-0.2, -0.15) is 0 Å². The van der Waals surface area contributed by atoms with Gasteiger partial charge in [-0.05, 0) is 98.8 Å². The van der Waals surface area contributed by atoms with Crippen LogP contribution in [0.25, 0.3) is 0 Å². The summed E-state index contributed by atoms with van der Waals surface area (Å²) in [6.45, 7) is 3.16. The van der Waals surface area contributed by atoms with Gasteiger partial charge in [0, 0.05) is 0 Å². The molecule has 31 heavy (non-hydrogen) atoms. The molecule has 162 valence electrons. The summed E-state index contributed by atoms with van der Waals surface area (Å²) in [5.41, 5.74) is 2.17. The molecule has 1 aliphatic heterocycles. The number of rotatable bonds is 8. The van der Waals surface area contributed by atoms with Crippen molar-refractivity contribution in [2.75, 3.05) is 19.6 Å². The van der Waals surface area contributed by atoms with E-state index in [1.54, 1.807) is 12.1 Å². The first kappa shape index (κ1) is 21.5. The van der Waals surface area contributed by atoms with E-state index in [0.717, 1.165) is 56.0 Å². The first-order valence-corrected chi connectivity index (χ1v) is 11.2. The van der Waals surface area contributed by atoms with Crippen LogP contribution in [0, 0.1) is 5.82 Å². The van der Waals surface area contributed by atoms with Gasteiger partial charge in [-0.3, -0.25) is 0 Å². The van der Waals surface area contributed by atoms with Crippen molar-refractivity contribution in [2.24, 2.45) is 0 Å². The van der Waals surface area contributed by atoms with Gasteiger partial charge in [0.05, 0.1) is 6.10 Å². The van der Waals surface area contributed by atoms with Gasteiger partial charge in [-0.25, -0.2) is 4.39 Å². The third kappa shape index (κ3) is 6.16. The second-order valence-corrected chi connectivity index (χ2v) is 8.31. The number of benzene rings is 3. The van der Waals surface area contributed by atoms with Gasteiger partial charge < -0.3 is 14.7 Å². The summed E-state index contributed by atoms with van der Waals surface area (Å²) in [7, 11) is 0. The van der Waals surface area contributed by atoms with E-state index in [2.05, 4.69) is 29.2 Å². The molecule has 1 N–H and O–H groups in total. The van der Waals surface area contributed by atoms with E-state index in [1.807, 2.05) is 30.3 Å². The van der Waals surface area contributed by atoms with Crippen LogP contribution in [0.2, 0.25) is 0 Å². The first-order chi connectivity index (χ1) is 15.2.